The maximum absolute atomic E-state index is 12.8. The molecule has 0 aromatic heterocycles. The summed E-state index contributed by atoms with van der Waals surface area (Å²) in [7, 11) is 0. The van der Waals surface area contributed by atoms with E-state index < -0.39 is 11.9 Å². The zero-order chi connectivity index (χ0) is 16.1. The van der Waals surface area contributed by atoms with Crippen molar-refractivity contribution in [3.05, 3.63) is 35.6 Å². The van der Waals surface area contributed by atoms with Gasteiger partial charge in [0.25, 0.3) is 0 Å². The van der Waals surface area contributed by atoms with Crippen LogP contribution in [0.2, 0.25) is 0 Å². The largest absolute Gasteiger partial charge is 0.368 e. The summed E-state index contributed by atoms with van der Waals surface area (Å²) in [6.45, 7) is 0. The van der Waals surface area contributed by atoms with Gasteiger partial charge in [-0.15, -0.1) is 0 Å². The normalized spacial score (nSPS) is 19.5. The first-order valence-electron chi connectivity index (χ1n) is 7.30. The van der Waals surface area contributed by atoms with E-state index in [1.165, 1.54) is 24.3 Å². The van der Waals surface area contributed by atoms with E-state index in [1.54, 1.807) is 0 Å². The number of carbonyl (C=O) groups is 3. The van der Waals surface area contributed by atoms with Gasteiger partial charge in [-0.3, -0.25) is 14.4 Å². The number of ketones is 1. The number of nitrogens with two attached hydrogens (primary N) is 1. The molecule has 22 heavy (non-hydrogen) atoms. The number of primary amides is 1. The van der Waals surface area contributed by atoms with Gasteiger partial charge in [0.15, 0.2) is 0 Å². The SMILES string of the molecule is NC(=O)[C@@H](NC(=O)Cc1ccc(F)cc1)[C@H]1CCCC(=O)C1. The average Bonchev–Trinajstić information content (AvgIpc) is 2.47. The molecule has 0 radical (unpaired) electrons. The van der Waals surface area contributed by atoms with Crippen molar-refractivity contribution in [1.82, 2.24) is 5.32 Å². The predicted octanol–water partition coefficient (Wildman–Crippen LogP) is 1.10. The summed E-state index contributed by atoms with van der Waals surface area (Å²) in [4.78, 5) is 35.1. The average molecular weight is 306 g/mol. The van der Waals surface area contributed by atoms with Gasteiger partial charge in [-0.2, -0.15) is 0 Å². The van der Waals surface area contributed by atoms with E-state index >= 15 is 0 Å². The van der Waals surface area contributed by atoms with E-state index in [4.69, 9.17) is 5.73 Å². The maximum Gasteiger partial charge on any atom is 0.240 e. The molecule has 0 heterocycles. The zero-order valence-corrected chi connectivity index (χ0v) is 12.2. The Morgan fingerprint density at radius 2 is 2.00 bits per heavy atom. The lowest BCUT2D eigenvalue weighted by atomic mass is 9.83. The number of nitrogens with one attached hydrogen (secondary N) is 1. The fourth-order valence-corrected chi connectivity index (χ4v) is 2.78. The monoisotopic (exact) mass is 306 g/mol. The molecule has 2 amide bonds. The van der Waals surface area contributed by atoms with E-state index in [-0.39, 0.29) is 36.3 Å². The van der Waals surface area contributed by atoms with Crippen molar-refractivity contribution >= 4 is 17.6 Å². The molecule has 1 aliphatic carbocycles. The van der Waals surface area contributed by atoms with Gasteiger partial charge in [-0.05, 0) is 36.5 Å². The number of Topliss-reactive ketones (excluding diaryl/α,β-unsaturated/α-hetero) is 1. The fourth-order valence-electron chi connectivity index (χ4n) is 2.78. The Kier molecular flexibility index (Phi) is 5.25. The number of carbonyl (C=O) groups excluding carboxylic acids is 3. The molecule has 2 atom stereocenters. The second kappa shape index (κ2) is 7.15. The van der Waals surface area contributed by atoms with E-state index in [0.717, 1.165) is 0 Å². The van der Waals surface area contributed by atoms with Crippen LogP contribution >= 0.6 is 0 Å². The van der Waals surface area contributed by atoms with Crippen LogP contribution in [0.25, 0.3) is 0 Å². The lowest BCUT2D eigenvalue weighted by Crippen LogP contribution is -2.50. The van der Waals surface area contributed by atoms with Crippen LogP contribution in [-0.4, -0.2) is 23.6 Å². The summed E-state index contributed by atoms with van der Waals surface area (Å²) < 4.78 is 12.8. The summed E-state index contributed by atoms with van der Waals surface area (Å²) >= 11 is 0. The third kappa shape index (κ3) is 4.38. The van der Waals surface area contributed by atoms with Gasteiger partial charge in [-0.25, -0.2) is 4.39 Å². The van der Waals surface area contributed by atoms with Gasteiger partial charge in [0.2, 0.25) is 11.8 Å². The third-order valence-corrected chi connectivity index (χ3v) is 3.89. The topological polar surface area (TPSA) is 89.3 Å². The number of hydrogen-bond donors (Lipinski definition) is 2. The number of rotatable bonds is 5. The molecule has 1 aromatic carbocycles. The Bertz CT molecular complexity index is 571. The molecule has 0 spiro atoms. The van der Waals surface area contributed by atoms with E-state index in [2.05, 4.69) is 5.32 Å². The van der Waals surface area contributed by atoms with Crippen molar-refractivity contribution in [3.8, 4) is 0 Å². The Hall–Kier alpha value is -2.24. The van der Waals surface area contributed by atoms with Gasteiger partial charge in [0.05, 0.1) is 6.42 Å². The summed E-state index contributed by atoms with van der Waals surface area (Å²) in [5, 5.41) is 2.61. The van der Waals surface area contributed by atoms with E-state index in [9.17, 15) is 18.8 Å². The van der Waals surface area contributed by atoms with Crippen LogP contribution in [0.5, 0.6) is 0 Å². The summed E-state index contributed by atoms with van der Waals surface area (Å²) in [5.41, 5.74) is 6.00. The van der Waals surface area contributed by atoms with E-state index in [1.807, 2.05) is 0 Å². The van der Waals surface area contributed by atoms with Crippen molar-refractivity contribution < 1.29 is 18.8 Å². The summed E-state index contributed by atoms with van der Waals surface area (Å²) in [6, 6.07) is 4.73. The van der Waals surface area contributed by atoms with Crippen molar-refractivity contribution in [2.75, 3.05) is 0 Å². The molecule has 3 N–H and O–H groups in total. The molecule has 1 aliphatic rings. The lowest BCUT2D eigenvalue weighted by molar-refractivity contribution is -0.130. The van der Waals surface area contributed by atoms with Crippen LogP contribution in [-0.2, 0) is 20.8 Å². The maximum atomic E-state index is 12.8. The molecule has 0 bridgehead atoms. The highest BCUT2D eigenvalue weighted by molar-refractivity contribution is 5.89. The van der Waals surface area contributed by atoms with Gasteiger partial charge < -0.3 is 11.1 Å². The quantitative estimate of drug-likeness (QED) is 0.853. The number of amides is 2. The molecule has 1 aromatic rings. The lowest BCUT2D eigenvalue weighted by Gasteiger charge is -2.28. The van der Waals surface area contributed by atoms with Gasteiger partial charge in [0.1, 0.15) is 17.6 Å². The fraction of sp³-hybridized carbons (Fsp3) is 0.438. The first-order valence-corrected chi connectivity index (χ1v) is 7.30. The molecule has 0 unspecified atom stereocenters. The molecular weight excluding hydrogens is 287 g/mol. The minimum atomic E-state index is -0.836. The van der Waals surface area contributed by atoms with Crippen LogP contribution in [0.3, 0.4) is 0 Å². The number of halogens is 1. The van der Waals surface area contributed by atoms with Crippen molar-refractivity contribution in [3.63, 3.8) is 0 Å². The molecule has 0 aliphatic heterocycles. The molecule has 2 rings (SSSR count). The van der Waals surface area contributed by atoms with Crippen LogP contribution in [0.4, 0.5) is 4.39 Å². The first kappa shape index (κ1) is 16.1. The van der Waals surface area contributed by atoms with Crippen LogP contribution < -0.4 is 11.1 Å². The molecular formula is C16H19FN2O3. The van der Waals surface area contributed by atoms with Crippen LogP contribution in [0, 0.1) is 11.7 Å². The highest BCUT2D eigenvalue weighted by atomic mass is 19.1. The first-order chi connectivity index (χ1) is 10.5. The van der Waals surface area contributed by atoms with Crippen molar-refractivity contribution in [2.24, 2.45) is 11.7 Å². The molecule has 6 heteroatoms. The Morgan fingerprint density at radius 3 is 2.59 bits per heavy atom. The second-order valence-corrected chi connectivity index (χ2v) is 5.65. The third-order valence-electron chi connectivity index (χ3n) is 3.89. The second-order valence-electron chi connectivity index (χ2n) is 5.65. The minimum Gasteiger partial charge on any atom is -0.368 e. The highest BCUT2D eigenvalue weighted by Crippen LogP contribution is 2.24. The van der Waals surface area contributed by atoms with Gasteiger partial charge in [0, 0.05) is 12.8 Å². The molecule has 1 saturated carbocycles. The molecule has 1 fully saturated rings. The number of hydrogen-bond acceptors (Lipinski definition) is 3. The Morgan fingerprint density at radius 1 is 1.32 bits per heavy atom. The molecule has 0 saturated heterocycles. The van der Waals surface area contributed by atoms with E-state index in [0.29, 0.717) is 24.8 Å². The molecule has 118 valence electrons. The Balaban J connectivity index is 1.98. The van der Waals surface area contributed by atoms with Crippen molar-refractivity contribution in [2.45, 2.75) is 38.1 Å². The highest BCUT2D eigenvalue weighted by Gasteiger charge is 2.31. The van der Waals surface area contributed by atoms with Crippen LogP contribution in [0.1, 0.15) is 31.2 Å². The molecule has 5 nitrogen and oxygen atoms in total. The van der Waals surface area contributed by atoms with Gasteiger partial charge in [-0.1, -0.05) is 12.1 Å². The van der Waals surface area contributed by atoms with Crippen LogP contribution in [0.15, 0.2) is 24.3 Å². The standard InChI is InChI=1S/C16H19FN2O3/c17-12-6-4-10(5-7-12)8-14(21)19-15(16(18)22)11-2-1-3-13(20)9-11/h4-7,11,15H,1-3,8-9H2,(H2,18,22)(H,19,21)/t11-,15-/m0/s1. The smallest absolute Gasteiger partial charge is 0.240 e. The number of benzene rings is 1. The minimum absolute atomic E-state index is 0.0325. The predicted molar refractivity (Wildman–Crippen MR) is 78.2 cm³/mol. The summed E-state index contributed by atoms with van der Waals surface area (Å²) in [6.07, 6.45) is 2.22. The summed E-state index contributed by atoms with van der Waals surface area (Å²) in [5.74, 6) is -1.52. The van der Waals surface area contributed by atoms with Gasteiger partial charge >= 0.3 is 0 Å². The van der Waals surface area contributed by atoms with Crippen molar-refractivity contribution in [1.29, 1.82) is 0 Å². The zero-order valence-electron chi connectivity index (χ0n) is 12.2. The Labute approximate surface area is 128 Å².